The number of ether oxygens (including phenoxy) is 1. The average molecular weight is 473 g/mol. The van der Waals surface area contributed by atoms with Crippen LogP contribution in [-0.2, 0) is 15.1 Å². The van der Waals surface area contributed by atoms with E-state index >= 15 is 0 Å². The molecule has 35 heavy (non-hydrogen) atoms. The lowest BCUT2D eigenvalue weighted by atomic mass is 9.71. The van der Waals surface area contributed by atoms with Crippen molar-refractivity contribution in [3.63, 3.8) is 0 Å². The van der Waals surface area contributed by atoms with Gasteiger partial charge in [0.2, 0.25) is 11.8 Å². The van der Waals surface area contributed by atoms with Crippen molar-refractivity contribution in [2.75, 3.05) is 18.1 Å². The molecule has 9 nitrogen and oxygen atoms in total. The van der Waals surface area contributed by atoms with E-state index in [0.717, 1.165) is 41.5 Å². The van der Waals surface area contributed by atoms with Gasteiger partial charge < -0.3 is 20.9 Å². The molecule has 2 aliphatic rings. The summed E-state index contributed by atoms with van der Waals surface area (Å²) >= 11 is 0. The number of nitrogens with two attached hydrogens (primary N) is 1. The Bertz CT molecular complexity index is 1300. The molecule has 0 spiro atoms. The Hall–Kier alpha value is -4.40. The third kappa shape index (κ3) is 4.16. The first-order valence-corrected chi connectivity index (χ1v) is 11.3. The molecule has 2 heterocycles. The van der Waals surface area contributed by atoms with Crippen molar-refractivity contribution in [3.8, 4) is 28.3 Å². The number of rotatable bonds is 6. The fraction of sp³-hybridized carbons (Fsp3) is 0.231. The zero-order valence-electron chi connectivity index (χ0n) is 18.9. The number of carbonyl (C=O) groups is 3. The second kappa shape index (κ2) is 8.75. The molecule has 0 bridgehead atoms. The topological polar surface area (TPSA) is 135 Å². The molecule has 1 saturated carbocycles. The van der Waals surface area contributed by atoms with Gasteiger partial charge in [-0.25, -0.2) is 9.78 Å². The molecule has 2 aromatic carbocycles. The van der Waals surface area contributed by atoms with E-state index in [1.165, 1.54) is 4.90 Å². The molecule has 4 N–H and O–H groups in total. The first-order valence-electron chi connectivity index (χ1n) is 11.3. The minimum atomic E-state index is -1.04. The molecular weight excluding hydrogens is 448 g/mol. The minimum Gasteiger partial charge on any atom is -0.466 e. The van der Waals surface area contributed by atoms with Gasteiger partial charge in [-0.05, 0) is 36.5 Å². The molecule has 9 heteroatoms. The number of anilines is 1. The predicted molar refractivity (Wildman–Crippen MR) is 129 cm³/mol. The lowest BCUT2D eigenvalue weighted by Crippen LogP contribution is -2.50. The molecular formula is C26H24N4O5. The number of fused-ring (bicyclic) bond motifs is 1. The second-order valence-electron chi connectivity index (χ2n) is 8.75. The van der Waals surface area contributed by atoms with Crippen molar-refractivity contribution in [1.29, 1.82) is 0 Å². The van der Waals surface area contributed by atoms with Gasteiger partial charge in [0, 0.05) is 11.1 Å². The van der Waals surface area contributed by atoms with E-state index in [9.17, 15) is 19.5 Å². The number of aromatic nitrogens is 1. The number of amides is 3. The Labute approximate surface area is 201 Å². The van der Waals surface area contributed by atoms with Gasteiger partial charge in [0.05, 0.1) is 11.2 Å². The van der Waals surface area contributed by atoms with E-state index in [4.69, 9.17) is 15.5 Å². The van der Waals surface area contributed by atoms with E-state index < -0.39 is 17.5 Å². The Balaban J connectivity index is 1.60. The first kappa shape index (κ1) is 22.4. The summed E-state index contributed by atoms with van der Waals surface area (Å²) in [4.78, 5) is 41.4. The van der Waals surface area contributed by atoms with Gasteiger partial charge in [-0.3, -0.25) is 14.5 Å². The van der Waals surface area contributed by atoms with Crippen molar-refractivity contribution in [2.24, 2.45) is 5.73 Å². The normalized spacial score (nSPS) is 16.0. The molecule has 0 radical (unpaired) electrons. The molecule has 0 unspecified atom stereocenters. The van der Waals surface area contributed by atoms with Crippen LogP contribution in [0.1, 0.15) is 24.8 Å². The number of carboxylic acid groups (broad SMARTS) is 1. The summed E-state index contributed by atoms with van der Waals surface area (Å²) in [5.74, 6) is -0.759. The highest BCUT2D eigenvalue weighted by Crippen LogP contribution is 2.43. The Kier molecular flexibility index (Phi) is 5.60. The maximum atomic E-state index is 12.5. The summed E-state index contributed by atoms with van der Waals surface area (Å²) in [6.07, 6.45) is 1.43. The maximum Gasteiger partial charge on any atom is 0.405 e. The molecule has 0 saturated heterocycles. The zero-order valence-corrected chi connectivity index (χ0v) is 18.9. The summed E-state index contributed by atoms with van der Waals surface area (Å²) in [5, 5.41) is 12.0. The number of hydrogen-bond donors (Lipinski definition) is 3. The number of pyridine rings is 1. The van der Waals surface area contributed by atoms with Crippen molar-refractivity contribution in [2.45, 2.75) is 24.8 Å². The fourth-order valence-electron chi connectivity index (χ4n) is 4.68. The van der Waals surface area contributed by atoms with E-state index in [2.05, 4.69) is 5.32 Å². The van der Waals surface area contributed by atoms with Crippen LogP contribution < -0.4 is 20.7 Å². The number of nitrogens with one attached hydrogen (secondary N) is 1. The number of hydrogen-bond acceptors (Lipinski definition) is 5. The first-order chi connectivity index (χ1) is 16.9. The van der Waals surface area contributed by atoms with Crippen LogP contribution in [0.15, 0.2) is 60.7 Å². The predicted octanol–water partition coefficient (Wildman–Crippen LogP) is 3.27. The van der Waals surface area contributed by atoms with E-state index in [0.29, 0.717) is 11.4 Å². The molecule has 1 aliphatic carbocycles. The zero-order chi connectivity index (χ0) is 24.6. The van der Waals surface area contributed by atoms with Gasteiger partial charge in [0.25, 0.3) is 5.91 Å². The largest absolute Gasteiger partial charge is 0.466 e. The summed E-state index contributed by atoms with van der Waals surface area (Å²) in [6, 6.07) is 19.0. The van der Waals surface area contributed by atoms with Crippen molar-refractivity contribution in [3.05, 3.63) is 66.2 Å². The third-order valence-electron chi connectivity index (χ3n) is 6.56. The van der Waals surface area contributed by atoms with Gasteiger partial charge in [-0.2, -0.15) is 0 Å². The third-order valence-corrected chi connectivity index (χ3v) is 6.56. The number of primary amides is 1. The molecule has 5 rings (SSSR count). The van der Waals surface area contributed by atoms with Crippen LogP contribution in [0, 0.1) is 0 Å². The monoisotopic (exact) mass is 472 g/mol. The van der Waals surface area contributed by atoms with E-state index in [1.807, 2.05) is 54.6 Å². The van der Waals surface area contributed by atoms with Gasteiger partial charge in [0.1, 0.15) is 12.2 Å². The molecule has 1 aliphatic heterocycles. The number of carbonyl (C=O) groups excluding carboxylic acids is 2. The van der Waals surface area contributed by atoms with Crippen LogP contribution in [0.25, 0.3) is 22.4 Å². The van der Waals surface area contributed by atoms with Crippen molar-refractivity contribution in [1.82, 2.24) is 10.3 Å². The molecule has 3 amide bonds. The second-order valence-corrected chi connectivity index (χ2v) is 8.75. The Morgan fingerprint density at radius 3 is 2.40 bits per heavy atom. The van der Waals surface area contributed by atoms with Crippen LogP contribution in [0.5, 0.6) is 5.88 Å². The summed E-state index contributed by atoms with van der Waals surface area (Å²) < 4.78 is 5.62. The van der Waals surface area contributed by atoms with Crippen LogP contribution in [0.2, 0.25) is 0 Å². The van der Waals surface area contributed by atoms with Gasteiger partial charge in [0.15, 0.2) is 6.61 Å². The fourth-order valence-corrected chi connectivity index (χ4v) is 4.68. The SMILES string of the molecule is NC(=O)CN1C(=O)COc2nc(-c3ccc(C4(NC(=O)O)CCC4)cc3)c(-c3ccccc3)cc21. The lowest BCUT2D eigenvalue weighted by molar-refractivity contribution is -0.124. The Morgan fingerprint density at radius 1 is 1.09 bits per heavy atom. The highest BCUT2D eigenvalue weighted by Gasteiger charge is 2.40. The Morgan fingerprint density at radius 2 is 1.80 bits per heavy atom. The molecule has 3 aromatic rings. The molecule has 1 fully saturated rings. The summed E-state index contributed by atoms with van der Waals surface area (Å²) in [6.45, 7) is -0.502. The number of benzene rings is 2. The van der Waals surface area contributed by atoms with Gasteiger partial charge >= 0.3 is 6.09 Å². The van der Waals surface area contributed by atoms with E-state index in [-0.39, 0.29) is 24.9 Å². The maximum absolute atomic E-state index is 12.5. The van der Waals surface area contributed by atoms with E-state index in [1.54, 1.807) is 6.07 Å². The minimum absolute atomic E-state index is 0.236. The standard InChI is InChI=1S/C26H24N4O5/c27-21(31)14-30-20-13-19(16-5-2-1-3-6-16)23(28-24(20)35-15-22(30)32)17-7-9-18(10-8-17)26(11-4-12-26)29-25(33)34/h1-3,5-10,13,29H,4,11-12,14-15H2,(H2,27,31)(H,33,34). The summed E-state index contributed by atoms with van der Waals surface area (Å²) in [7, 11) is 0. The van der Waals surface area contributed by atoms with Crippen LogP contribution in [-0.4, -0.2) is 41.1 Å². The van der Waals surface area contributed by atoms with Crippen molar-refractivity contribution < 1.29 is 24.2 Å². The van der Waals surface area contributed by atoms with Crippen molar-refractivity contribution >= 4 is 23.6 Å². The number of nitrogens with zero attached hydrogens (tertiary/aromatic N) is 2. The van der Waals surface area contributed by atoms with Gasteiger partial charge in [-0.15, -0.1) is 0 Å². The molecule has 178 valence electrons. The molecule has 0 atom stereocenters. The molecule has 1 aromatic heterocycles. The van der Waals surface area contributed by atoms with Gasteiger partial charge in [-0.1, -0.05) is 54.6 Å². The summed E-state index contributed by atoms with van der Waals surface area (Å²) in [5.41, 5.74) is 9.19. The average Bonchev–Trinajstić information content (AvgIpc) is 2.83. The highest BCUT2D eigenvalue weighted by atomic mass is 16.5. The van der Waals surface area contributed by atoms with Crippen LogP contribution in [0.3, 0.4) is 0 Å². The van der Waals surface area contributed by atoms with Crippen LogP contribution >= 0.6 is 0 Å². The quantitative estimate of drug-likeness (QED) is 0.504. The smallest absolute Gasteiger partial charge is 0.405 e. The lowest BCUT2D eigenvalue weighted by Gasteiger charge is -2.42. The van der Waals surface area contributed by atoms with Crippen LogP contribution in [0.4, 0.5) is 10.5 Å². The highest BCUT2D eigenvalue weighted by molar-refractivity contribution is 6.02.